The van der Waals surface area contributed by atoms with E-state index >= 15 is 0 Å². The summed E-state index contributed by atoms with van der Waals surface area (Å²) in [6.07, 6.45) is 1.72. The van der Waals surface area contributed by atoms with E-state index in [9.17, 15) is 13.2 Å². The Labute approximate surface area is 193 Å². The Morgan fingerprint density at radius 1 is 1.19 bits per heavy atom. The zero-order chi connectivity index (χ0) is 23.1. The molecule has 1 heterocycles. The van der Waals surface area contributed by atoms with E-state index in [0.29, 0.717) is 24.9 Å². The zero-order valence-corrected chi connectivity index (χ0v) is 20.1. The van der Waals surface area contributed by atoms with Crippen molar-refractivity contribution in [3.05, 3.63) is 59.4 Å². The molecule has 3 rings (SSSR count). The maximum Gasteiger partial charge on any atom is 0.238 e. The van der Waals surface area contributed by atoms with Crippen molar-refractivity contribution in [2.45, 2.75) is 50.3 Å². The van der Waals surface area contributed by atoms with Crippen LogP contribution in [0.1, 0.15) is 36.7 Å². The van der Waals surface area contributed by atoms with Crippen LogP contribution in [0.25, 0.3) is 11.0 Å². The lowest BCUT2D eigenvalue weighted by atomic mass is 10.2. The summed E-state index contributed by atoms with van der Waals surface area (Å²) >= 11 is 1.79. The van der Waals surface area contributed by atoms with E-state index in [1.54, 1.807) is 17.8 Å². The van der Waals surface area contributed by atoms with Gasteiger partial charge in [-0.3, -0.25) is 4.79 Å². The summed E-state index contributed by atoms with van der Waals surface area (Å²) in [5.74, 6) is 2.54. The molecular formula is C23H30N4O3S2. The number of sulfonamides is 1. The lowest BCUT2D eigenvalue weighted by Gasteiger charge is -2.08. The molecule has 172 valence electrons. The number of aromatic nitrogens is 2. The molecular weight excluding hydrogens is 444 g/mol. The highest BCUT2D eigenvalue weighted by molar-refractivity contribution is 7.98. The van der Waals surface area contributed by atoms with Crippen molar-refractivity contribution in [3.8, 4) is 0 Å². The number of nitrogens with two attached hydrogens (primary N) is 1. The summed E-state index contributed by atoms with van der Waals surface area (Å²) in [6.45, 7) is 5.51. The molecule has 1 amide bonds. The van der Waals surface area contributed by atoms with Crippen molar-refractivity contribution in [2.75, 3.05) is 12.3 Å². The number of nitrogens with zero attached hydrogens (tertiary/aromatic N) is 2. The second kappa shape index (κ2) is 11.0. The smallest absolute Gasteiger partial charge is 0.238 e. The Morgan fingerprint density at radius 2 is 1.94 bits per heavy atom. The number of rotatable bonds is 11. The average molecular weight is 475 g/mol. The largest absolute Gasteiger partial charge is 0.355 e. The van der Waals surface area contributed by atoms with Crippen molar-refractivity contribution in [1.82, 2.24) is 14.9 Å². The van der Waals surface area contributed by atoms with Gasteiger partial charge in [0.1, 0.15) is 5.82 Å². The first-order valence-corrected chi connectivity index (χ1v) is 13.4. The number of fused-ring (bicyclic) bond motifs is 1. The summed E-state index contributed by atoms with van der Waals surface area (Å²) < 4.78 is 25.3. The van der Waals surface area contributed by atoms with E-state index in [2.05, 4.69) is 48.4 Å². The van der Waals surface area contributed by atoms with Gasteiger partial charge in [0.15, 0.2) is 0 Å². The summed E-state index contributed by atoms with van der Waals surface area (Å²) in [6, 6.07) is 13.2. The Bertz CT molecular complexity index is 1170. The van der Waals surface area contributed by atoms with Crippen molar-refractivity contribution in [3.63, 3.8) is 0 Å². The third-order valence-electron chi connectivity index (χ3n) is 5.11. The molecule has 0 aliphatic heterocycles. The highest BCUT2D eigenvalue weighted by Gasteiger charge is 2.15. The number of carbonyl (C=O) groups is 1. The number of nitrogens with one attached hydrogen (secondary N) is 1. The number of hydrogen-bond donors (Lipinski definition) is 2. The van der Waals surface area contributed by atoms with E-state index in [1.807, 2.05) is 4.57 Å². The quantitative estimate of drug-likeness (QED) is 0.414. The van der Waals surface area contributed by atoms with Gasteiger partial charge in [-0.1, -0.05) is 36.8 Å². The Balaban J connectivity index is 1.52. The van der Waals surface area contributed by atoms with Gasteiger partial charge in [-0.25, -0.2) is 18.5 Å². The Kier molecular flexibility index (Phi) is 8.33. The van der Waals surface area contributed by atoms with Crippen LogP contribution in [-0.2, 0) is 33.5 Å². The molecule has 3 aromatic rings. The molecule has 2 aromatic carbocycles. The van der Waals surface area contributed by atoms with Crippen molar-refractivity contribution in [2.24, 2.45) is 5.14 Å². The molecule has 3 N–H and O–H groups in total. The van der Waals surface area contributed by atoms with Crippen LogP contribution in [0.2, 0.25) is 0 Å². The molecule has 0 radical (unpaired) electrons. The number of primary sulfonamides is 1. The van der Waals surface area contributed by atoms with Gasteiger partial charge >= 0.3 is 0 Å². The minimum absolute atomic E-state index is 0.0127. The zero-order valence-electron chi connectivity index (χ0n) is 18.5. The van der Waals surface area contributed by atoms with Crippen LogP contribution in [0.3, 0.4) is 0 Å². The van der Waals surface area contributed by atoms with E-state index in [4.69, 9.17) is 5.14 Å². The first-order valence-electron chi connectivity index (χ1n) is 10.7. The van der Waals surface area contributed by atoms with E-state index < -0.39 is 10.0 Å². The van der Waals surface area contributed by atoms with Crippen LogP contribution in [0.4, 0.5) is 0 Å². The maximum atomic E-state index is 12.3. The number of hydrogen-bond acceptors (Lipinski definition) is 5. The molecule has 7 nitrogen and oxygen atoms in total. The van der Waals surface area contributed by atoms with Crippen LogP contribution >= 0.6 is 11.8 Å². The first-order chi connectivity index (χ1) is 15.3. The summed E-state index contributed by atoms with van der Waals surface area (Å²) in [5, 5.41) is 8.21. The average Bonchev–Trinajstić information content (AvgIpc) is 3.10. The molecule has 0 aliphatic rings. The minimum Gasteiger partial charge on any atom is -0.355 e. The van der Waals surface area contributed by atoms with Gasteiger partial charge in [0, 0.05) is 37.4 Å². The fourth-order valence-electron chi connectivity index (χ4n) is 3.45. The van der Waals surface area contributed by atoms with Gasteiger partial charge in [0.25, 0.3) is 0 Å². The van der Waals surface area contributed by atoms with Gasteiger partial charge < -0.3 is 9.88 Å². The van der Waals surface area contributed by atoms with E-state index in [1.165, 1.54) is 23.3 Å². The lowest BCUT2D eigenvalue weighted by molar-refractivity contribution is -0.120. The van der Waals surface area contributed by atoms with Gasteiger partial charge in [0.05, 0.1) is 15.9 Å². The van der Waals surface area contributed by atoms with Crippen LogP contribution < -0.4 is 10.5 Å². The second-order valence-corrected chi connectivity index (χ2v) is 10.4. The summed E-state index contributed by atoms with van der Waals surface area (Å²) in [7, 11) is -3.79. The maximum absolute atomic E-state index is 12.3. The number of thioether (sulfide) groups is 1. The molecule has 9 heteroatoms. The standard InChI is InChI=1S/C23H30N4O3S2/c1-3-13-27-21-9-8-19(32(24,29)30)15-20(21)26-22(27)10-11-23(28)25-12-14-31-16-18-6-4-17(2)5-7-18/h4-9,15H,3,10-14,16H2,1-2H3,(H,25,28)(H2,24,29,30). The summed E-state index contributed by atoms with van der Waals surface area (Å²) in [4.78, 5) is 16.9. The van der Waals surface area contributed by atoms with Gasteiger partial charge in [-0.2, -0.15) is 11.8 Å². The predicted molar refractivity (Wildman–Crippen MR) is 130 cm³/mol. The number of imidazole rings is 1. The monoisotopic (exact) mass is 474 g/mol. The van der Waals surface area contributed by atoms with Crippen LogP contribution in [0.5, 0.6) is 0 Å². The first kappa shape index (κ1) is 24.3. The van der Waals surface area contributed by atoms with Crippen LogP contribution in [0.15, 0.2) is 47.4 Å². The molecule has 0 fully saturated rings. The Hall–Kier alpha value is -2.36. The number of aryl methyl sites for hydroxylation is 3. The molecule has 1 aromatic heterocycles. The molecule has 0 unspecified atom stereocenters. The normalized spacial score (nSPS) is 11.7. The number of amides is 1. The topological polar surface area (TPSA) is 107 Å². The molecule has 32 heavy (non-hydrogen) atoms. The molecule has 0 bridgehead atoms. The van der Waals surface area contributed by atoms with Crippen molar-refractivity contribution >= 4 is 38.7 Å². The van der Waals surface area contributed by atoms with E-state index in [0.717, 1.165) is 35.8 Å². The van der Waals surface area contributed by atoms with Gasteiger partial charge in [-0.05, 0) is 37.1 Å². The second-order valence-electron chi connectivity index (χ2n) is 7.76. The SMILES string of the molecule is CCCn1c(CCC(=O)NCCSCc2ccc(C)cc2)nc2cc(S(N)(=O)=O)ccc21. The fourth-order valence-corrected chi connectivity index (χ4v) is 4.80. The molecule has 0 spiro atoms. The van der Waals surface area contributed by atoms with E-state index in [-0.39, 0.29) is 10.8 Å². The highest BCUT2D eigenvalue weighted by Crippen LogP contribution is 2.21. The van der Waals surface area contributed by atoms with Crippen LogP contribution in [0, 0.1) is 6.92 Å². The van der Waals surface area contributed by atoms with Gasteiger partial charge in [-0.15, -0.1) is 0 Å². The van der Waals surface area contributed by atoms with Crippen molar-refractivity contribution < 1.29 is 13.2 Å². The molecule has 0 atom stereocenters. The van der Waals surface area contributed by atoms with Gasteiger partial charge in [0.2, 0.25) is 15.9 Å². The number of benzene rings is 2. The van der Waals surface area contributed by atoms with Crippen LogP contribution in [-0.4, -0.2) is 36.2 Å². The third-order valence-corrected chi connectivity index (χ3v) is 7.05. The minimum atomic E-state index is -3.79. The fraction of sp³-hybridized carbons (Fsp3) is 0.391. The summed E-state index contributed by atoms with van der Waals surface area (Å²) in [5.41, 5.74) is 3.96. The highest BCUT2D eigenvalue weighted by atomic mass is 32.2. The number of carbonyl (C=O) groups excluding carboxylic acids is 1. The molecule has 0 saturated heterocycles. The van der Waals surface area contributed by atoms with Crippen molar-refractivity contribution in [1.29, 1.82) is 0 Å². The Morgan fingerprint density at radius 3 is 2.62 bits per heavy atom. The molecule has 0 saturated carbocycles. The molecule has 0 aliphatic carbocycles. The lowest BCUT2D eigenvalue weighted by Crippen LogP contribution is -2.26. The predicted octanol–water partition coefficient (Wildman–Crippen LogP) is 3.38. The third kappa shape index (κ3) is 6.57.